The van der Waals surface area contributed by atoms with Gasteiger partial charge in [0.25, 0.3) is 0 Å². The van der Waals surface area contributed by atoms with Crippen LogP contribution < -0.4 is 11.1 Å². The largest absolute Gasteiger partial charge is 0.370 e. The summed E-state index contributed by atoms with van der Waals surface area (Å²) in [6, 6.07) is 0.202. The van der Waals surface area contributed by atoms with Crippen LogP contribution in [0.2, 0.25) is 0 Å². The first-order valence-electron chi connectivity index (χ1n) is 4.10. The molecule has 5 heteroatoms. The quantitative estimate of drug-likeness (QED) is 0.560. The van der Waals surface area contributed by atoms with Crippen molar-refractivity contribution in [3.8, 4) is 0 Å². The summed E-state index contributed by atoms with van der Waals surface area (Å²) in [5.41, 5.74) is 6.61. The molecular formula is C8H14N4S. The minimum Gasteiger partial charge on any atom is -0.370 e. The zero-order valence-corrected chi connectivity index (χ0v) is 8.85. The summed E-state index contributed by atoms with van der Waals surface area (Å²) < 4.78 is 0. The van der Waals surface area contributed by atoms with Gasteiger partial charge in [-0.2, -0.15) is 0 Å². The van der Waals surface area contributed by atoms with Crippen LogP contribution in [-0.4, -0.2) is 17.0 Å². The number of hydrogen-bond donors (Lipinski definition) is 2. The minimum atomic E-state index is 0.202. The second kappa shape index (κ2) is 4.23. The van der Waals surface area contributed by atoms with Crippen molar-refractivity contribution in [1.82, 2.24) is 4.98 Å². The Bertz CT molecular complexity index is 303. The van der Waals surface area contributed by atoms with E-state index in [1.807, 2.05) is 26.2 Å². The van der Waals surface area contributed by atoms with Gasteiger partial charge in [-0.15, -0.1) is 11.3 Å². The van der Waals surface area contributed by atoms with Gasteiger partial charge in [-0.3, -0.25) is 4.99 Å². The smallest absolute Gasteiger partial charge is 0.195 e. The summed E-state index contributed by atoms with van der Waals surface area (Å²) in [7, 11) is 0. The number of aromatic nitrogens is 1. The van der Waals surface area contributed by atoms with Crippen LogP contribution in [0.1, 0.15) is 19.5 Å². The molecule has 3 N–H and O–H groups in total. The van der Waals surface area contributed by atoms with Crippen molar-refractivity contribution in [1.29, 1.82) is 0 Å². The number of hydrogen-bond acceptors (Lipinski definition) is 3. The van der Waals surface area contributed by atoms with Crippen LogP contribution >= 0.6 is 11.3 Å². The molecular weight excluding hydrogens is 184 g/mol. The van der Waals surface area contributed by atoms with E-state index in [9.17, 15) is 0 Å². The predicted molar refractivity (Wildman–Crippen MR) is 57.2 cm³/mol. The number of aliphatic imine (C=N–C) groups is 1. The van der Waals surface area contributed by atoms with E-state index in [-0.39, 0.29) is 6.04 Å². The molecule has 0 aromatic carbocycles. The van der Waals surface area contributed by atoms with Crippen LogP contribution in [0.3, 0.4) is 0 Å². The Morgan fingerprint density at radius 1 is 1.69 bits per heavy atom. The van der Waals surface area contributed by atoms with Crippen LogP contribution in [0.15, 0.2) is 10.4 Å². The lowest BCUT2D eigenvalue weighted by Gasteiger charge is -2.02. The average Bonchev–Trinajstić information content (AvgIpc) is 2.33. The predicted octanol–water partition coefficient (Wildman–Crippen LogP) is 1.59. The number of rotatable bonds is 2. The van der Waals surface area contributed by atoms with Gasteiger partial charge in [0.1, 0.15) is 0 Å². The molecule has 0 unspecified atom stereocenters. The second-order valence-corrected chi connectivity index (χ2v) is 3.89. The molecule has 1 rings (SSSR count). The molecule has 0 radical (unpaired) electrons. The van der Waals surface area contributed by atoms with Crippen molar-refractivity contribution < 1.29 is 0 Å². The van der Waals surface area contributed by atoms with Gasteiger partial charge in [-0.05, 0) is 20.8 Å². The SMILES string of the molecule is Cc1csc(NC(N)=NC(C)C)n1. The molecule has 1 aromatic heterocycles. The number of anilines is 1. The van der Waals surface area contributed by atoms with E-state index < -0.39 is 0 Å². The summed E-state index contributed by atoms with van der Waals surface area (Å²) in [5.74, 6) is 0.421. The summed E-state index contributed by atoms with van der Waals surface area (Å²) in [5, 5.41) is 5.68. The van der Waals surface area contributed by atoms with Gasteiger partial charge in [-0.25, -0.2) is 4.98 Å². The lowest BCUT2D eigenvalue weighted by molar-refractivity contribution is 0.833. The van der Waals surface area contributed by atoms with Gasteiger partial charge in [0, 0.05) is 11.4 Å². The third-order valence-corrected chi connectivity index (χ3v) is 2.13. The summed E-state index contributed by atoms with van der Waals surface area (Å²) in [6.07, 6.45) is 0. The fraction of sp³-hybridized carbons (Fsp3) is 0.500. The number of nitrogens with two attached hydrogens (primary N) is 1. The Morgan fingerprint density at radius 2 is 2.38 bits per heavy atom. The number of thiazole rings is 1. The highest BCUT2D eigenvalue weighted by Crippen LogP contribution is 2.13. The molecule has 1 aromatic rings. The summed E-state index contributed by atoms with van der Waals surface area (Å²) in [4.78, 5) is 8.34. The van der Waals surface area contributed by atoms with Crippen molar-refractivity contribution >= 4 is 22.4 Å². The fourth-order valence-corrected chi connectivity index (χ4v) is 1.53. The fourth-order valence-electron chi connectivity index (χ4n) is 0.831. The molecule has 0 spiro atoms. The highest BCUT2D eigenvalue weighted by atomic mass is 32.1. The molecule has 13 heavy (non-hydrogen) atoms. The minimum absolute atomic E-state index is 0.202. The topological polar surface area (TPSA) is 63.3 Å². The normalized spacial score (nSPS) is 12.2. The molecule has 0 aliphatic carbocycles. The van der Waals surface area contributed by atoms with E-state index >= 15 is 0 Å². The first-order valence-corrected chi connectivity index (χ1v) is 4.98. The Morgan fingerprint density at radius 3 is 2.85 bits per heavy atom. The summed E-state index contributed by atoms with van der Waals surface area (Å²) >= 11 is 1.52. The second-order valence-electron chi connectivity index (χ2n) is 3.03. The Balaban J connectivity index is 2.59. The summed E-state index contributed by atoms with van der Waals surface area (Å²) in [6.45, 7) is 5.89. The molecule has 0 atom stereocenters. The average molecular weight is 198 g/mol. The molecule has 4 nitrogen and oxygen atoms in total. The van der Waals surface area contributed by atoms with Crippen LogP contribution in [0.4, 0.5) is 5.13 Å². The van der Waals surface area contributed by atoms with E-state index in [2.05, 4.69) is 15.3 Å². The Hall–Kier alpha value is -1.10. The maximum atomic E-state index is 5.62. The van der Waals surface area contributed by atoms with Gasteiger partial charge in [-0.1, -0.05) is 0 Å². The molecule has 0 bridgehead atoms. The number of guanidine groups is 1. The molecule has 0 aliphatic heterocycles. The third-order valence-electron chi connectivity index (χ3n) is 1.25. The van der Waals surface area contributed by atoms with Crippen LogP contribution in [0.25, 0.3) is 0 Å². The van der Waals surface area contributed by atoms with E-state index in [0.29, 0.717) is 5.96 Å². The maximum Gasteiger partial charge on any atom is 0.195 e. The molecule has 0 saturated carbocycles. The monoisotopic (exact) mass is 198 g/mol. The van der Waals surface area contributed by atoms with Crippen molar-refractivity contribution in [2.24, 2.45) is 10.7 Å². The van der Waals surface area contributed by atoms with Gasteiger partial charge in [0.05, 0.1) is 5.69 Å². The lowest BCUT2D eigenvalue weighted by atomic mass is 10.4. The zero-order chi connectivity index (χ0) is 9.84. The molecule has 0 saturated heterocycles. The first kappa shape index (κ1) is 9.98. The molecule has 0 amide bonds. The highest BCUT2D eigenvalue weighted by Gasteiger charge is 1.99. The van der Waals surface area contributed by atoms with E-state index in [0.717, 1.165) is 10.8 Å². The number of nitrogens with one attached hydrogen (secondary N) is 1. The van der Waals surface area contributed by atoms with Crippen molar-refractivity contribution in [3.63, 3.8) is 0 Å². The van der Waals surface area contributed by atoms with E-state index in [1.54, 1.807) is 0 Å². The highest BCUT2D eigenvalue weighted by molar-refractivity contribution is 7.13. The molecule has 0 aliphatic rings. The van der Waals surface area contributed by atoms with E-state index in [1.165, 1.54) is 11.3 Å². The number of aryl methyl sites for hydroxylation is 1. The number of nitrogens with zero attached hydrogens (tertiary/aromatic N) is 2. The standard InChI is InChI=1S/C8H14N4S/c1-5(2)10-7(9)12-8-11-6(3)4-13-8/h4-5H,1-3H3,(H3,9,10,11,12). The molecule has 0 fully saturated rings. The van der Waals surface area contributed by atoms with Crippen molar-refractivity contribution in [2.45, 2.75) is 26.8 Å². The van der Waals surface area contributed by atoms with Crippen LogP contribution in [0, 0.1) is 6.92 Å². The lowest BCUT2D eigenvalue weighted by Crippen LogP contribution is -2.23. The van der Waals surface area contributed by atoms with Gasteiger partial charge in [0.2, 0.25) is 0 Å². The van der Waals surface area contributed by atoms with Crippen LogP contribution in [0.5, 0.6) is 0 Å². The zero-order valence-electron chi connectivity index (χ0n) is 8.03. The van der Waals surface area contributed by atoms with E-state index in [4.69, 9.17) is 5.73 Å². The molecule has 72 valence electrons. The van der Waals surface area contributed by atoms with Gasteiger partial charge in [0.15, 0.2) is 11.1 Å². The Labute approximate surface area is 81.9 Å². The van der Waals surface area contributed by atoms with Gasteiger partial charge >= 0.3 is 0 Å². The molecule has 1 heterocycles. The third kappa shape index (κ3) is 3.42. The Kier molecular flexibility index (Phi) is 3.25. The van der Waals surface area contributed by atoms with Crippen molar-refractivity contribution in [2.75, 3.05) is 5.32 Å². The van der Waals surface area contributed by atoms with Crippen LogP contribution in [-0.2, 0) is 0 Å². The van der Waals surface area contributed by atoms with Crippen molar-refractivity contribution in [3.05, 3.63) is 11.1 Å². The first-order chi connectivity index (χ1) is 6.08. The van der Waals surface area contributed by atoms with Gasteiger partial charge < -0.3 is 11.1 Å². The maximum absolute atomic E-state index is 5.62.